The maximum atomic E-state index is 12.1. The van der Waals surface area contributed by atoms with Crippen molar-refractivity contribution in [3.8, 4) is 11.5 Å². The van der Waals surface area contributed by atoms with Crippen molar-refractivity contribution in [3.63, 3.8) is 0 Å². The number of rotatable bonds is 6. The van der Waals surface area contributed by atoms with Crippen molar-refractivity contribution in [2.24, 2.45) is 4.99 Å². The van der Waals surface area contributed by atoms with E-state index < -0.39 is 0 Å². The molecule has 3 rings (SSSR count). The first kappa shape index (κ1) is 24.1. The number of nitrogens with zero attached hydrogens (tertiary/aromatic N) is 1. The summed E-state index contributed by atoms with van der Waals surface area (Å²) in [6, 6.07) is 12.5. The van der Waals surface area contributed by atoms with Gasteiger partial charge >= 0.3 is 0 Å². The largest absolute Gasteiger partial charge is 0.490 e. The van der Waals surface area contributed by atoms with Gasteiger partial charge in [-0.2, -0.15) is 0 Å². The molecule has 0 unspecified atom stereocenters. The lowest BCUT2D eigenvalue weighted by atomic mass is 10.2. The molecule has 3 N–H and O–H groups in total. The first-order chi connectivity index (χ1) is 14.2. The van der Waals surface area contributed by atoms with E-state index in [9.17, 15) is 4.79 Å². The third kappa shape index (κ3) is 7.24. The van der Waals surface area contributed by atoms with Gasteiger partial charge in [0.05, 0.1) is 19.8 Å². The lowest BCUT2D eigenvalue weighted by Gasteiger charge is -2.14. The number of anilines is 1. The normalized spacial score (nSPS) is 12.9. The number of benzene rings is 2. The highest BCUT2D eigenvalue weighted by molar-refractivity contribution is 14.0. The topological polar surface area (TPSA) is 84.0 Å². The SMILES string of the molecule is CCNC(=NCCNC(=O)c1ccc(Cl)cc1)Nc1ccc2c(c1)OCCCO2.I. The Kier molecular flexibility index (Phi) is 10.0. The lowest BCUT2D eigenvalue weighted by molar-refractivity contribution is 0.0955. The van der Waals surface area contributed by atoms with Crippen LogP contribution in [0.15, 0.2) is 47.5 Å². The summed E-state index contributed by atoms with van der Waals surface area (Å²) in [6.07, 6.45) is 0.864. The number of hydrogen-bond acceptors (Lipinski definition) is 4. The molecule has 2 aromatic rings. The molecule has 0 aromatic heterocycles. The summed E-state index contributed by atoms with van der Waals surface area (Å²) in [6.45, 7) is 4.85. The van der Waals surface area contributed by atoms with Crippen LogP contribution < -0.4 is 25.4 Å². The predicted molar refractivity (Wildman–Crippen MR) is 131 cm³/mol. The minimum atomic E-state index is -0.155. The second-order valence-corrected chi connectivity index (χ2v) is 6.80. The van der Waals surface area contributed by atoms with Gasteiger partial charge in [-0.3, -0.25) is 9.79 Å². The van der Waals surface area contributed by atoms with Crippen LogP contribution in [-0.2, 0) is 0 Å². The molecule has 1 aliphatic rings. The van der Waals surface area contributed by atoms with Crippen LogP contribution in [0.2, 0.25) is 5.02 Å². The van der Waals surface area contributed by atoms with Gasteiger partial charge in [-0.05, 0) is 43.3 Å². The van der Waals surface area contributed by atoms with Crippen LogP contribution in [0, 0.1) is 0 Å². The molecule has 9 heteroatoms. The zero-order valence-electron chi connectivity index (χ0n) is 16.7. The zero-order chi connectivity index (χ0) is 20.5. The van der Waals surface area contributed by atoms with Crippen molar-refractivity contribution < 1.29 is 14.3 Å². The number of carbonyl (C=O) groups is 1. The first-order valence-electron chi connectivity index (χ1n) is 9.64. The Morgan fingerprint density at radius 2 is 1.80 bits per heavy atom. The molecule has 0 saturated carbocycles. The van der Waals surface area contributed by atoms with Crippen LogP contribution in [0.3, 0.4) is 0 Å². The number of carbonyl (C=O) groups excluding carboxylic acids is 1. The summed E-state index contributed by atoms with van der Waals surface area (Å²) in [5.74, 6) is 1.94. The minimum Gasteiger partial charge on any atom is -0.490 e. The zero-order valence-corrected chi connectivity index (χ0v) is 19.8. The molecule has 0 fully saturated rings. The molecular formula is C21H26ClIN4O3. The Hall–Kier alpha value is -2.20. The number of amides is 1. The fraction of sp³-hybridized carbons (Fsp3) is 0.333. The molecule has 0 radical (unpaired) electrons. The van der Waals surface area contributed by atoms with Crippen molar-refractivity contribution in [3.05, 3.63) is 53.1 Å². The maximum absolute atomic E-state index is 12.1. The fourth-order valence-electron chi connectivity index (χ4n) is 2.73. The molecule has 1 amide bonds. The van der Waals surface area contributed by atoms with Crippen molar-refractivity contribution in [1.29, 1.82) is 0 Å². The van der Waals surface area contributed by atoms with E-state index in [0.29, 0.717) is 49.4 Å². The molecule has 0 aliphatic carbocycles. The summed E-state index contributed by atoms with van der Waals surface area (Å²) < 4.78 is 11.4. The molecule has 0 saturated heterocycles. The molecule has 1 heterocycles. The third-order valence-corrected chi connectivity index (χ3v) is 4.38. The van der Waals surface area contributed by atoms with Crippen LogP contribution in [0.25, 0.3) is 0 Å². The predicted octanol–water partition coefficient (Wildman–Crippen LogP) is 3.93. The lowest BCUT2D eigenvalue weighted by Crippen LogP contribution is -2.32. The number of hydrogen-bond donors (Lipinski definition) is 3. The van der Waals surface area contributed by atoms with Gasteiger partial charge in [0.1, 0.15) is 0 Å². The number of ether oxygens (including phenoxy) is 2. The highest BCUT2D eigenvalue weighted by Crippen LogP contribution is 2.32. The highest BCUT2D eigenvalue weighted by Gasteiger charge is 2.11. The number of halogens is 2. The van der Waals surface area contributed by atoms with Gasteiger partial charge in [0.25, 0.3) is 5.91 Å². The number of guanidine groups is 1. The smallest absolute Gasteiger partial charge is 0.251 e. The second-order valence-electron chi connectivity index (χ2n) is 6.36. The van der Waals surface area contributed by atoms with Crippen LogP contribution in [0.1, 0.15) is 23.7 Å². The second kappa shape index (κ2) is 12.5. The third-order valence-electron chi connectivity index (χ3n) is 4.13. The van der Waals surface area contributed by atoms with E-state index in [1.807, 2.05) is 25.1 Å². The van der Waals surface area contributed by atoms with Crippen molar-refractivity contribution in [1.82, 2.24) is 10.6 Å². The molecule has 162 valence electrons. The van der Waals surface area contributed by atoms with Crippen LogP contribution in [-0.4, -0.2) is 44.7 Å². The summed E-state index contributed by atoms with van der Waals surface area (Å²) in [5, 5.41) is 9.89. The Morgan fingerprint density at radius 3 is 2.53 bits per heavy atom. The molecule has 0 bridgehead atoms. The molecule has 7 nitrogen and oxygen atoms in total. The van der Waals surface area contributed by atoms with E-state index in [-0.39, 0.29) is 29.9 Å². The fourth-order valence-corrected chi connectivity index (χ4v) is 2.85. The average Bonchev–Trinajstić information content (AvgIpc) is 2.96. The van der Waals surface area contributed by atoms with Crippen molar-refractivity contribution in [2.75, 3.05) is 38.2 Å². The summed E-state index contributed by atoms with van der Waals surface area (Å²) in [7, 11) is 0. The van der Waals surface area contributed by atoms with Gasteiger partial charge in [-0.15, -0.1) is 24.0 Å². The van der Waals surface area contributed by atoms with E-state index in [1.165, 1.54) is 0 Å². The minimum absolute atomic E-state index is 0. The van der Waals surface area contributed by atoms with Crippen LogP contribution in [0.4, 0.5) is 5.69 Å². The highest BCUT2D eigenvalue weighted by atomic mass is 127. The first-order valence-corrected chi connectivity index (χ1v) is 10.0. The van der Waals surface area contributed by atoms with Gasteiger partial charge < -0.3 is 25.4 Å². The molecule has 0 spiro atoms. The van der Waals surface area contributed by atoms with Crippen molar-refractivity contribution in [2.45, 2.75) is 13.3 Å². The quantitative estimate of drug-likeness (QED) is 0.222. The van der Waals surface area contributed by atoms with Gasteiger partial charge in [0.2, 0.25) is 0 Å². The number of fused-ring (bicyclic) bond motifs is 1. The molecular weight excluding hydrogens is 519 g/mol. The van der Waals surface area contributed by atoms with Gasteiger partial charge in [0, 0.05) is 41.9 Å². The van der Waals surface area contributed by atoms with E-state index >= 15 is 0 Å². The molecule has 2 aromatic carbocycles. The Balaban J connectivity index is 0.00000320. The van der Waals surface area contributed by atoms with E-state index in [0.717, 1.165) is 23.6 Å². The van der Waals surface area contributed by atoms with Gasteiger partial charge in [-0.25, -0.2) is 0 Å². The summed E-state index contributed by atoms with van der Waals surface area (Å²) >= 11 is 5.84. The Bertz CT molecular complexity index is 862. The maximum Gasteiger partial charge on any atom is 0.251 e. The van der Waals surface area contributed by atoms with Crippen LogP contribution in [0.5, 0.6) is 11.5 Å². The monoisotopic (exact) mass is 544 g/mol. The molecule has 30 heavy (non-hydrogen) atoms. The number of nitrogens with one attached hydrogen (secondary N) is 3. The van der Waals surface area contributed by atoms with Gasteiger partial charge in [0.15, 0.2) is 17.5 Å². The van der Waals surface area contributed by atoms with E-state index in [1.54, 1.807) is 24.3 Å². The summed E-state index contributed by atoms with van der Waals surface area (Å²) in [4.78, 5) is 16.6. The van der Waals surface area contributed by atoms with E-state index in [4.69, 9.17) is 21.1 Å². The molecule has 0 atom stereocenters. The standard InChI is InChI=1S/C21H25ClN4O3.HI/c1-2-23-21(25-11-10-24-20(27)15-4-6-16(22)7-5-15)26-17-8-9-18-19(14-17)29-13-3-12-28-18;/h4-9,14H,2-3,10-13H2,1H3,(H,24,27)(H2,23,25,26);1H. The summed E-state index contributed by atoms with van der Waals surface area (Å²) in [5.41, 5.74) is 1.41. The average molecular weight is 545 g/mol. The number of aliphatic imine (C=N–C) groups is 1. The van der Waals surface area contributed by atoms with Gasteiger partial charge in [-0.1, -0.05) is 11.6 Å². The molecule has 1 aliphatic heterocycles. The Morgan fingerprint density at radius 1 is 1.07 bits per heavy atom. The van der Waals surface area contributed by atoms with E-state index in [2.05, 4.69) is 20.9 Å². The van der Waals surface area contributed by atoms with Crippen LogP contribution >= 0.6 is 35.6 Å². The Labute approximate surface area is 198 Å². The van der Waals surface area contributed by atoms with Crippen molar-refractivity contribution >= 4 is 53.1 Å².